The predicted octanol–water partition coefficient (Wildman–Crippen LogP) is 14.0. The Balaban J connectivity index is 1.08. The Kier molecular flexibility index (Phi) is 7.52. The highest BCUT2D eigenvalue weighted by Gasteiger charge is 2.35. The van der Waals surface area contributed by atoms with E-state index in [2.05, 4.69) is 141 Å². The van der Waals surface area contributed by atoms with Crippen molar-refractivity contribution in [3.8, 4) is 67.5 Å². The number of rotatable bonds is 5. The van der Waals surface area contributed by atoms with Gasteiger partial charge in [0.05, 0.1) is 0 Å². The first kappa shape index (κ1) is 33.1. The lowest BCUT2D eigenvalue weighted by molar-refractivity contribution is 0.660. The van der Waals surface area contributed by atoms with Crippen LogP contribution in [0.2, 0.25) is 0 Å². The molecular weight excluding hydrogens is 691 g/mol. The Morgan fingerprint density at radius 3 is 1.53 bits per heavy atom. The van der Waals surface area contributed by atoms with Gasteiger partial charge in [-0.25, -0.2) is 15.0 Å². The SMILES string of the molecule is CC1(C)c2ccccc2-c2cc(-c3cccc4c5ccccc5c5cc(-c6cccc(-c7nc(-c8ccccc8)nc(-c8ccccc8)n7)c6)ccc5c34)ccc21. The molecule has 1 aromatic heterocycles. The molecule has 3 heteroatoms. The molecule has 268 valence electrons. The summed E-state index contributed by atoms with van der Waals surface area (Å²) in [6.45, 7) is 4.69. The van der Waals surface area contributed by atoms with E-state index in [1.165, 1.54) is 65.7 Å². The second-order valence-electron chi connectivity index (χ2n) is 15.6. The third kappa shape index (κ3) is 5.38. The zero-order chi connectivity index (χ0) is 38.1. The van der Waals surface area contributed by atoms with E-state index in [0.29, 0.717) is 17.5 Å². The van der Waals surface area contributed by atoms with E-state index in [0.717, 1.165) is 27.8 Å². The van der Waals surface area contributed by atoms with Crippen LogP contribution in [0, 0.1) is 0 Å². The lowest BCUT2D eigenvalue weighted by Gasteiger charge is -2.21. The quantitative estimate of drug-likeness (QED) is 0.166. The van der Waals surface area contributed by atoms with Gasteiger partial charge < -0.3 is 0 Å². The molecule has 11 rings (SSSR count). The third-order valence-corrected chi connectivity index (χ3v) is 11.9. The van der Waals surface area contributed by atoms with Gasteiger partial charge in [-0.05, 0) is 95.0 Å². The lowest BCUT2D eigenvalue weighted by atomic mass is 9.82. The summed E-state index contributed by atoms with van der Waals surface area (Å²) in [5.74, 6) is 1.95. The summed E-state index contributed by atoms with van der Waals surface area (Å²) >= 11 is 0. The van der Waals surface area contributed by atoms with Crippen LogP contribution in [-0.4, -0.2) is 15.0 Å². The van der Waals surface area contributed by atoms with E-state index in [1.54, 1.807) is 0 Å². The first-order valence-corrected chi connectivity index (χ1v) is 19.6. The molecule has 0 fully saturated rings. The number of benzene rings is 9. The molecule has 0 amide bonds. The van der Waals surface area contributed by atoms with Crippen LogP contribution in [0.3, 0.4) is 0 Å². The number of fused-ring (bicyclic) bond motifs is 9. The molecule has 9 aromatic carbocycles. The monoisotopic (exact) mass is 727 g/mol. The molecule has 0 atom stereocenters. The van der Waals surface area contributed by atoms with E-state index in [1.807, 2.05) is 60.7 Å². The number of hydrogen-bond acceptors (Lipinski definition) is 3. The molecule has 10 aromatic rings. The summed E-state index contributed by atoms with van der Waals surface area (Å²) in [6.07, 6.45) is 0. The Bertz CT molecular complexity index is 3140. The van der Waals surface area contributed by atoms with Gasteiger partial charge in [-0.2, -0.15) is 0 Å². The maximum absolute atomic E-state index is 5.02. The molecule has 0 saturated heterocycles. The van der Waals surface area contributed by atoms with Gasteiger partial charge in [0, 0.05) is 22.1 Å². The van der Waals surface area contributed by atoms with Crippen molar-refractivity contribution < 1.29 is 0 Å². The summed E-state index contributed by atoms with van der Waals surface area (Å²) < 4.78 is 0. The minimum Gasteiger partial charge on any atom is -0.208 e. The van der Waals surface area contributed by atoms with E-state index >= 15 is 0 Å². The Hall–Kier alpha value is -7.23. The van der Waals surface area contributed by atoms with Crippen LogP contribution in [-0.2, 0) is 5.41 Å². The van der Waals surface area contributed by atoms with Crippen molar-refractivity contribution >= 4 is 32.3 Å². The van der Waals surface area contributed by atoms with Gasteiger partial charge in [-0.3, -0.25) is 0 Å². The van der Waals surface area contributed by atoms with E-state index in [-0.39, 0.29) is 5.41 Å². The van der Waals surface area contributed by atoms with Crippen molar-refractivity contribution in [2.75, 3.05) is 0 Å². The maximum atomic E-state index is 5.02. The van der Waals surface area contributed by atoms with E-state index in [9.17, 15) is 0 Å². The average Bonchev–Trinajstić information content (AvgIpc) is 3.51. The number of nitrogens with zero attached hydrogens (tertiary/aromatic N) is 3. The molecule has 1 heterocycles. The lowest BCUT2D eigenvalue weighted by Crippen LogP contribution is -2.14. The third-order valence-electron chi connectivity index (χ3n) is 11.9. The zero-order valence-electron chi connectivity index (χ0n) is 31.7. The van der Waals surface area contributed by atoms with E-state index < -0.39 is 0 Å². The maximum Gasteiger partial charge on any atom is 0.164 e. The van der Waals surface area contributed by atoms with Crippen LogP contribution >= 0.6 is 0 Å². The van der Waals surface area contributed by atoms with Crippen molar-refractivity contribution in [2.45, 2.75) is 19.3 Å². The summed E-state index contributed by atoms with van der Waals surface area (Å²) in [5, 5.41) is 7.54. The van der Waals surface area contributed by atoms with Crippen molar-refractivity contribution in [1.82, 2.24) is 15.0 Å². The molecule has 1 aliphatic carbocycles. The normalized spacial score (nSPS) is 12.9. The Morgan fingerprint density at radius 2 is 0.789 bits per heavy atom. The molecule has 3 nitrogen and oxygen atoms in total. The van der Waals surface area contributed by atoms with Crippen LogP contribution in [0.25, 0.3) is 99.9 Å². The summed E-state index contributed by atoms with van der Waals surface area (Å²) in [6, 6.07) is 67.4. The number of aromatic nitrogens is 3. The van der Waals surface area contributed by atoms with Gasteiger partial charge in [0.1, 0.15) is 0 Å². The molecule has 0 N–H and O–H groups in total. The van der Waals surface area contributed by atoms with E-state index in [4.69, 9.17) is 15.0 Å². The Labute approximate surface area is 332 Å². The fourth-order valence-corrected chi connectivity index (χ4v) is 9.09. The van der Waals surface area contributed by atoms with Gasteiger partial charge in [-0.15, -0.1) is 0 Å². The molecular formula is C54H37N3. The van der Waals surface area contributed by atoms with Crippen LogP contribution in [0.15, 0.2) is 188 Å². The summed E-state index contributed by atoms with van der Waals surface area (Å²) in [7, 11) is 0. The smallest absolute Gasteiger partial charge is 0.164 e. The molecule has 1 aliphatic rings. The first-order chi connectivity index (χ1) is 28.0. The fraction of sp³-hybridized carbons (Fsp3) is 0.0556. The fourth-order valence-electron chi connectivity index (χ4n) is 9.09. The topological polar surface area (TPSA) is 38.7 Å². The van der Waals surface area contributed by atoms with Crippen molar-refractivity contribution in [3.05, 3.63) is 199 Å². The largest absolute Gasteiger partial charge is 0.208 e. The standard InChI is InChI=1S/C54H37N3/c1-54(2)48-26-12-11-23-43(48)47-33-38(28-30-49(47)54)40-24-14-25-44-41-21-9-10-22-42(41)46-32-37(27-29-45(46)50(40)44)36-19-13-20-39(31-36)53-56-51(34-15-5-3-6-16-34)55-52(57-53)35-17-7-4-8-18-35/h3-33H,1-2H3. The van der Waals surface area contributed by atoms with Crippen molar-refractivity contribution in [3.63, 3.8) is 0 Å². The molecule has 0 bridgehead atoms. The highest BCUT2D eigenvalue weighted by atomic mass is 15.0. The highest BCUT2D eigenvalue weighted by Crippen LogP contribution is 2.50. The second-order valence-corrected chi connectivity index (χ2v) is 15.6. The number of hydrogen-bond donors (Lipinski definition) is 0. The van der Waals surface area contributed by atoms with Crippen LogP contribution in [0.4, 0.5) is 0 Å². The van der Waals surface area contributed by atoms with Crippen molar-refractivity contribution in [1.29, 1.82) is 0 Å². The molecule has 57 heavy (non-hydrogen) atoms. The van der Waals surface area contributed by atoms with Gasteiger partial charge in [0.15, 0.2) is 17.5 Å². The highest BCUT2D eigenvalue weighted by molar-refractivity contribution is 6.28. The summed E-state index contributed by atoms with van der Waals surface area (Å²) in [4.78, 5) is 14.9. The molecule has 0 saturated carbocycles. The first-order valence-electron chi connectivity index (χ1n) is 19.6. The average molecular weight is 728 g/mol. The van der Waals surface area contributed by atoms with Gasteiger partial charge >= 0.3 is 0 Å². The van der Waals surface area contributed by atoms with Crippen LogP contribution < -0.4 is 0 Å². The van der Waals surface area contributed by atoms with Crippen molar-refractivity contribution in [2.24, 2.45) is 0 Å². The summed E-state index contributed by atoms with van der Waals surface area (Å²) in [5.41, 5.74) is 13.0. The predicted molar refractivity (Wildman–Crippen MR) is 237 cm³/mol. The minimum atomic E-state index is -0.0301. The van der Waals surface area contributed by atoms with Gasteiger partial charge in [0.2, 0.25) is 0 Å². The minimum absolute atomic E-state index is 0.0301. The Morgan fingerprint density at radius 1 is 0.298 bits per heavy atom. The van der Waals surface area contributed by atoms with Crippen LogP contribution in [0.5, 0.6) is 0 Å². The molecule has 0 radical (unpaired) electrons. The van der Waals surface area contributed by atoms with Crippen LogP contribution in [0.1, 0.15) is 25.0 Å². The second kappa shape index (κ2) is 12.9. The van der Waals surface area contributed by atoms with Gasteiger partial charge in [-0.1, -0.05) is 184 Å². The molecule has 0 spiro atoms. The molecule has 0 unspecified atom stereocenters. The molecule has 0 aliphatic heterocycles. The zero-order valence-corrected chi connectivity index (χ0v) is 31.7. The van der Waals surface area contributed by atoms with Gasteiger partial charge in [0.25, 0.3) is 0 Å².